The van der Waals surface area contributed by atoms with Crippen LogP contribution in [0.3, 0.4) is 0 Å². The van der Waals surface area contributed by atoms with Crippen molar-refractivity contribution >= 4 is 17.6 Å². The zero-order valence-electron chi connectivity index (χ0n) is 13.6. The van der Waals surface area contributed by atoms with Gasteiger partial charge in [-0.3, -0.25) is 0 Å². The minimum absolute atomic E-state index is 0.0325. The summed E-state index contributed by atoms with van der Waals surface area (Å²) >= 11 is 6.04. The molecule has 4 bridgehead atoms. The van der Waals surface area contributed by atoms with Crippen molar-refractivity contribution in [3.63, 3.8) is 0 Å². The molecule has 4 heteroatoms. The Morgan fingerprint density at radius 2 is 1.78 bits per heavy atom. The lowest BCUT2D eigenvalue weighted by Gasteiger charge is -2.54. The van der Waals surface area contributed by atoms with Gasteiger partial charge >= 0.3 is 6.03 Å². The first kappa shape index (κ1) is 15.3. The van der Waals surface area contributed by atoms with Crippen LogP contribution in [0.4, 0.5) is 4.79 Å². The zero-order valence-corrected chi connectivity index (χ0v) is 14.4. The van der Waals surface area contributed by atoms with Crippen LogP contribution in [0.1, 0.15) is 50.6 Å². The minimum atomic E-state index is -0.0365. The van der Waals surface area contributed by atoms with Crippen molar-refractivity contribution in [1.82, 2.24) is 10.6 Å². The molecule has 3 nitrogen and oxygen atoms in total. The van der Waals surface area contributed by atoms with Crippen LogP contribution in [-0.4, -0.2) is 12.1 Å². The molecule has 124 valence electrons. The van der Waals surface area contributed by atoms with Crippen LogP contribution in [0, 0.1) is 23.7 Å². The van der Waals surface area contributed by atoms with Gasteiger partial charge in [0.25, 0.3) is 0 Å². The zero-order chi connectivity index (χ0) is 16.0. The van der Waals surface area contributed by atoms with Gasteiger partial charge in [-0.2, -0.15) is 0 Å². The molecular formula is C19H25ClN2O. The molecule has 0 aliphatic heterocycles. The van der Waals surface area contributed by atoms with Gasteiger partial charge in [0.1, 0.15) is 0 Å². The molecule has 1 aromatic rings. The average Bonchev–Trinajstić information content (AvgIpc) is 2.50. The number of carbonyl (C=O) groups is 1. The van der Waals surface area contributed by atoms with Gasteiger partial charge in [-0.15, -0.1) is 0 Å². The van der Waals surface area contributed by atoms with E-state index in [1.807, 2.05) is 31.2 Å². The first-order chi connectivity index (χ1) is 11.1. The summed E-state index contributed by atoms with van der Waals surface area (Å²) < 4.78 is 0. The van der Waals surface area contributed by atoms with Crippen molar-refractivity contribution in [1.29, 1.82) is 0 Å². The normalized spacial score (nSPS) is 35.8. The maximum absolute atomic E-state index is 12.4. The molecular weight excluding hydrogens is 308 g/mol. The smallest absolute Gasteiger partial charge is 0.315 e. The number of rotatable bonds is 3. The third-order valence-corrected chi connectivity index (χ3v) is 6.46. The van der Waals surface area contributed by atoms with Crippen molar-refractivity contribution in [3.8, 4) is 0 Å². The molecule has 0 aromatic heterocycles. The molecule has 5 rings (SSSR count). The Morgan fingerprint density at radius 1 is 1.13 bits per heavy atom. The summed E-state index contributed by atoms with van der Waals surface area (Å²) in [6.45, 7) is 2.00. The van der Waals surface area contributed by atoms with Crippen LogP contribution in [-0.2, 0) is 0 Å². The number of amides is 2. The van der Waals surface area contributed by atoms with E-state index in [9.17, 15) is 4.79 Å². The van der Waals surface area contributed by atoms with Gasteiger partial charge in [-0.1, -0.05) is 23.7 Å². The second-order valence-electron chi connectivity index (χ2n) is 7.85. The summed E-state index contributed by atoms with van der Waals surface area (Å²) in [5, 5.41) is 7.07. The Balaban J connectivity index is 1.37. The Labute approximate surface area is 143 Å². The van der Waals surface area contributed by atoms with Gasteiger partial charge < -0.3 is 10.6 Å². The van der Waals surface area contributed by atoms with Crippen LogP contribution in [0.25, 0.3) is 0 Å². The highest BCUT2D eigenvalue weighted by molar-refractivity contribution is 6.30. The highest BCUT2D eigenvalue weighted by atomic mass is 35.5. The topological polar surface area (TPSA) is 41.1 Å². The molecule has 0 heterocycles. The summed E-state index contributed by atoms with van der Waals surface area (Å²) in [6.07, 6.45) is 6.73. The predicted molar refractivity (Wildman–Crippen MR) is 92.4 cm³/mol. The minimum Gasteiger partial charge on any atom is -0.335 e. The van der Waals surface area contributed by atoms with Gasteiger partial charge in [0.15, 0.2) is 0 Å². The third kappa shape index (κ3) is 3.08. The maximum Gasteiger partial charge on any atom is 0.315 e. The number of nitrogens with one attached hydrogen (secondary N) is 2. The van der Waals surface area contributed by atoms with Gasteiger partial charge in [0.05, 0.1) is 6.04 Å². The molecule has 1 unspecified atom stereocenters. The standard InChI is InChI=1S/C19H25ClN2O/c1-11(14-3-2-4-17(20)10-14)21-19(23)22-18-15-6-12-5-13(8-15)9-16(18)7-12/h2-4,10-13,15-16,18H,5-9H2,1H3,(H2,21,22,23). The molecule has 23 heavy (non-hydrogen) atoms. The molecule has 4 fully saturated rings. The van der Waals surface area contributed by atoms with Crippen LogP contribution in [0.15, 0.2) is 24.3 Å². The predicted octanol–water partition coefficient (Wildman–Crippen LogP) is 4.52. The summed E-state index contributed by atoms with van der Waals surface area (Å²) in [5.74, 6) is 3.28. The molecule has 2 N–H and O–H groups in total. The van der Waals surface area contributed by atoms with E-state index in [1.54, 1.807) is 0 Å². The highest BCUT2D eigenvalue weighted by Gasteiger charge is 2.48. The number of benzene rings is 1. The fraction of sp³-hybridized carbons (Fsp3) is 0.632. The van der Waals surface area contributed by atoms with Crippen LogP contribution in [0.5, 0.6) is 0 Å². The van der Waals surface area contributed by atoms with E-state index in [-0.39, 0.29) is 12.1 Å². The highest BCUT2D eigenvalue weighted by Crippen LogP contribution is 2.53. The number of carbonyl (C=O) groups excluding carboxylic acids is 1. The Morgan fingerprint density at radius 3 is 2.39 bits per heavy atom. The quantitative estimate of drug-likeness (QED) is 0.839. The summed E-state index contributed by atoms with van der Waals surface area (Å²) in [7, 11) is 0. The van der Waals surface area contributed by atoms with Crippen molar-refractivity contribution in [2.45, 2.75) is 51.1 Å². The van der Waals surface area contributed by atoms with E-state index < -0.39 is 0 Å². The molecule has 4 saturated carbocycles. The van der Waals surface area contributed by atoms with Crippen molar-refractivity contribution < 1.29 is 4.79 Å². The van der Waals surface area contributed by atoms with Crippen LogP contribution >= 0.6 is 11.6 Å². The molecule has 2 amide bonds. The van der Waals surface area contributed by atoms with Crippen molar-refractivity contribution in [2.24, 2.45) is 23.7 Å². The van der Waals surface area contributed by atoms with Crippen molar-refractivity contribution in [3.05, 3.63) is 34.9 Å². The molecule has 1 atom stereocenters. The van der Waals surface area contributed by atoms with E-state index in [2.05, 4.69) is 10.6 Å². The largest absolute Gasteiger partial charge is 0.335 e. The lowest BCUT2D eigenvalue weighted by molar-refractivity contribution is -0.00950. The monoisotopic (exact) mass is 332 g/mol. The SMILES string of the molecule is CC(NC(=O)NC1C2CC3CC(C2)CC1C3)c1cccc(Cl)c1. The summed E-state index contributed by atoms with van der Waals surface area (Å²) in [5.41, 5.74) is 1.04. The van der Waals surface area contributed by atoms with Gasteiger partial charge in [-0.25, -0.2) is 4.79 Å². The second kappa shape index (κ2) is 6.01. The molecule has 4 aliphatic carbocycles. The fourth-order valence-corrected chi connectivity index (χ4v) is 5.61. The Bertz CT molecular complexity index is 575. The van der Waals surface area contributed by atoms with Crippen molar-refractivity contribution in [2.75, 3.05) is 0 Å². The summed E-state index contributed by atoms with van der Waals surface area (Å²) in [6, 6.07) is 8.00. The Kier molecular flexibility index (Phi) is 4.00. The van der Waals surface area contributed by atoms with E-state index in [4.69, 9.17) is 11.6 Å². The summed E-state index contributed by atoms with van der Waals surface area (Å²) in [4.78, 5) is 12.4. The van der Waals surface area contributed by atoms with Gasteiger partial charge in [0.2, 0.25) is 0 Å². The molecule has 4 aliphatic rings. The first-order valence-electron chi connectivity index (χ1n) is 8.91. The third-order valence-electron chi connectivity index (χ3n) is 6.22. The Hall–Kier alpha value is -1.22. The molecule has 1 aromatic carbocycles. The first-order valence-corrected chi connectivity index (χ1v) is 9.28. The number of urea groups is 1. The lowest BCUT2D eigenvalue weighted by atomic mass is 9.54. The lowest BCUT2D eigenvalue weighted by Crippen LogP contribution is -2.57. The fourth-order valence-electron chi connectivity index (χ4n) is 5.41. The van der Waals surface area contributed by atoms with E-state index in [1.165, 1.54) is 32.1 Å². The number of hydrogen-bond acceptors (Lipinski definition) is 1. The van der Waals surface area contributed by atoms with Crippen LogP contribution in [0.2, 0.25) is 5.02 Å². The van der Waals surface area contributed by atoms with Gasteiger partial charge in [-0.05, 0) is 80.4 Å². The average molecular weight is 333 g/mol. The number of halogens is 1. The van der Waals surface area contributed by atoms with Gasteiger partial charge in [0, 0.05) is 11.1 Å². The number of hydrogen-bond donors (Lipinski definition) is 2. The van der Waals surface area contributed by atoms with E-state index in [0.717, 1.165) is 17.4 Å². The molecule has 0 radical (unpaired) electrons. The molecule has 0 saturated heterocycles. The maximum atomic E-state index is 12.4. The second-order valence-corrected chi connectivity index (χ2v) is 8.29. The van der Waals surface area contributed by atoms with Crippen LogP contribution < -0.4 is 10.6 Å². The van der Waals surface area contributed by atoms with E-state index in [0.29, 0.717) is 22.9 Å². The molecule has 0 spiro atoms. The van der Waals surface area contributed by atoms with E-state index >= 15 is 0 Å².